The van der Waals surface area contributed by atoms with Crippen LogP contribution in [0, 0.1) is 18.7 Å². The van der Waals surface area contributed by atoms with Gasteiger partial charge in [-0.1, -0.05) is 0 Å². The normalized spacial score (nSPS) is 13.5. The van der Waals surface area contributed by atoms with Crippen LogP contribution in [0.5, 0.6) is 5.75 Å². The van der Waals surface area contributed by atoms with Crippen LogP contribution >= 0.6 is 0 Å². The first-order valence-electron chi connectivity index (χ1n) is 7.90. The van der Waals surface area contributed by atoms with Crippen LogP contribution < -0.4 is 4.74 Å². The summed E-state index contributed by atoms with van der Waals surface area (Å²) in [5.74, 6) is -2.15. The van der Waals surface area contributed by atoms with Crippen molar-refractivity contribution < 1.29 is 28.9 Å². The molecule has 1 saturated carbocycles. The Kier molecular flexibility index (Phi) is 4.44. The zero-order valence-corrected chi connectivity index (χ0v) is 13.6. The van der Waals surface area contributed by atoms with E-state index in [1.165, 1.54) is 24.3 Å². The fourth-order valence-electron chi connectivity index (χ4n) is 2.67. The van der Waals surface area contributed by atoms with Crippen LogP contribution in [0.2, 0.25) is 0 Å². The predicted octanol–water partition coefficient (Wildman–Crippen LogP) is 3.99. The summed E-state index contributed by atoms with van der Waals surface area (Å²) in [6, 6.07) is 6.49. The highest BCUT2D eigenvalue weighted by Gasteiger charge is 2.24. The molecule has 0 radical (unpaired) electrons. The van der Waals surface area contributed by atoms with E-state index in [4.69, 9.17) is 4.74 Å². The van der Waals surface area contributed by atoms with E-state index in [0.29, 0.717) is 29.4 Å². The van der Waals surface area contributed by atoms with E-state index in [9.17, 15) is 24.2 Å². The molecule has 0 spiro atoms. The lowest BCUT2D eigenvalue weighted by Crippen LogP contribution is -2.08. The van der Waals surface area contributed by atoms with Crippen molar-refractivity contribution in [1.82, 2.24) is 0 Å². The Balaban J connectivity index is 2.14. The Morgan fingerprint density at radius 2 is 1.76 bits per heavy atom. The van der Waals surface area contributed by atoms with Crippen LogP contribution in [-0.2, 0) is 0 Å². The highest BCUT2D eigenvalue weighted by molar-refractivity contribution is 6.01. The summed E-state index contributed by atoms with van der Waals surface area (Å²) >= 11 is 0. The van der Waals surface area contributed by atoms with Crippen LogP contribution in [0.4, 0.5) is 4.39 Å². The van der Waals surface area contributed by atoms with Crippen LogP contribution in [0.3, 0.4) is 0 Å². The molecule has 0 atom stereocenters. The average Bonchev–Trinajstić information content (AvgIpc) is 3.37. The van der Waals surface area contributed by atoms with Gasteiger partial charge in [-0.3, -0.25) is 0 Å². The lowest BCUT2D eigenvalue weighted by Gasteiger charge is -2.15. The highest BCUT2D eigenvalue weighted by atomic mass is 19.1. The molecule has 3 rings (SSSR count). The molecule has 130 valence electrons. The Morgan fingerprint density at radius 1 is 1.08 bits per heavy atom. The minimum absolute atomic E-state index is 0.0991. The number of carboxylic acid groups (broad SMARTS) is 2. The van der Waals surface area contributed by atoms with Crippen molar-refractivity contribution in [2.45, 2.75) is 19.8 Å². The molecular formula is C19H17FO5. The summed E-state index contributed by atoms with van der Waals surface area (Å²) in [6.45, 7) is 2.07. The standard InChI is InChI=1S/C19H17FO5/c1-10-6-14(16(19(23)24)8-13(10)18(21)22)15-7-12(20)4-5-17(15)25-9-11-2-3-11/h4-8,11H,2-3,9H2,1H3,(H,21,22)(H,23,24). The van der Waals surface area contributed by atoms with E-state index in [0.717, 1.165) is 18.9 Å². The zero-order chi connectivity index (χ0) is 18.1. The first-order chi connectivity index (χ1) is 11.9. The SMILES string of the molecule is Cc1cc(-c2cc(F)ccc2OCC2CC2)c(C(=O)O)cc1C(=O)O. The van der Waals surface area contributed by atoms with Gasteiger partial charge in [-0.15, -0.1) is 0 Å². The maximum atomic E-state index is 13.8. The summed E-state index contributed by atoms with van der Waals surface area (Å²) in [4.78, 5) is 22.9. The van der Waals surface area contributed by atoms with E-state index >= 15 is 0 Å². The third kappa shape index (κ3) is 3.63. The summed E-state index contributed by atoms with van der Waals surface area (Å²) in [7, 11) is 0. The van der Waals surface area contributed by atoms with Crippen molar-refractivity contribution in [1.29, 1.82) is 0 Å². The van der Waals surface area contributed by atoms with E-state index in [1.807, 2.05) is 0 Å². The van der Waals surface area contributed by atoms with Gasteiger partial charge >= 0.3 is 11.9 Å². The fraction of sp³-hybridized carbons (Fsp3) is 0.263. The number of benzene rings is 2. The molecule has 2 aromatic carbocycles. The molecule has 0 unspecified atom stereocenters. The molecule has 25 heavy (non-hydrogen) atoms. The van der Waals surface area contributed by atoms with E-state index in [1.54, 1.807) is 6.92 Å². The fourth-order valence-corrected chi connectivity index (χ4v) is 2.67. The lowest BCUT2D eigenvalue weighted by atomic mass is 9.93. The van der Waals surface area contributed by atoms with Crippen molar-refractivity contribution in [2.75, 3.05) is 6.61 Å². The van der Waals surface area contributed by atoms with Crippen molar-refractivity contribution in [2.24, 2.45) is 5.92 Å². The van der Waals surface area contributed by atoms with Gasteiger partial charge in [0.25, 0.3) is 0 Å². The highest BCUT2D eigenvalue weighted by Crippen LogP contribution is 2.37. The molecule has 5 nitrogen and oxygen atoms in total. The molecule has 6 heteroatoms. The summed E-state index contributed by atoms with van der Waals surface area (Å²) < 4.78 is 19.5. The number of hydrogen-bond donors (Lipinski definition) is 2. The van der Waals surface area contributed by atoms with Gasteiger partial charge in [0.05, 0.1) is 17.7 Å². The molecular weight excluding hydrogens is 327 g/mol. The van der Waals surface area contributed by atoms with Gasteiger partial charge in [0.15, 0.2) is 0 Å². The van der Waals surface area contributed by atoms with Gasteiger partial charge in [0.1, 0.15) is 11.6 Å². The Labute approximate surface area is 143 Å². The smallest absolute Gasteiger partial charge is 0.336 e. The number of aryl methyl sites for hydroxylation is 1. The summed E-state index contributed by atoms with van der Waals surface area (Å²) in [5, 5.41) is 18.7. The Bertz CT molecular complexity index is 855. The molecule has 0 aromatic heterocycles. The summed E-state index contributed by atoms with van der Waals surface area (Å²) in [6.07, 6.45) is 2.17. The van der Waals surface area contributed by atoms with E-state index in [-0.39, 0.29) is 16.7 Å². The third-order valence-corrected chi connectivity index (χ3v) is 4.23. The number of carboxylic acids is 2. The second-order valence-electron chi connectivity index (χ2n) is 6.22. The van der Waals surface area contributed by atoms with Gasteiger partial charge in [-0.05, 0) is 61.6 Å². The third-order valence-electron chi connectivity index (χ3n) is 4.23. The van der Waals surface area contributed by atoms with Crippen molar-refractivity contribution in [3.63, 3.8) is 0 Å². The average molecular weight is 344 g/mol. The summed E-state index contributed by atoms with van der Waals surface area (Å²) in [5.41, 5.74) is 0.631. The molecule has 1 fully saturated rings. The van der Waals surface area contributed by atoms with Crippen LogP contribution in [0.15, 0.2) is 30.3 Å². The van der Waals surface area contributed by atoms with E-state index < -0.39 is 17.8 Å². The monoisotopic (exact) mass is 344 g/mol. The van der Waals surface area contributed by atoms with Crippen molar-refractivity contribution >= 4 is 11.9 Å². The number of halogens is 1. The number of aromatic carboxylic acids is 2. The van der Waals surface area contributed by atoms with Crippen molar-refractivity contribution in [3.05, 3.63) is 52.8 Å². The topological polar surface area (TPSA) is 83.8 Å². The first kappa shape index (κ1) is 17.0. The maximum absolute atomic E-state index is 13.8. The molecule has 1 aliphatic rings. The molecule has 1 aliphatic carbocycles. The minimum atomic E-state index is -1.28. The molecule has 0 heterocycles. The molecule has 0 bridgehead atoms. The molecule has 0 aliphatic heterocycles. The zero-order valence-electron chi connectivity index (χ0n) is 13.6. The second-order valence-corrected chi connectivity index (χ2v) is 6.22. The number of rotatable bonds is 6. The van der Waals surface area contributed by atoms with Gasteiger partial charge in [0.2, 0.25) is 0 Å². The van der Waals surface area contributed by atoms with Crippen LogP contribution in [0.25, 0.3) is 11.1 Å². The van der Waals surface area contributed by atoms with Gasteiger partial charge < -0.3 is 14.9 Å². The predicted molar refractivity (Wildman–Crippen MR) is 88.7 cm³/mol. The second kappa shape index (κ2) is 6.55. The van der Waals surface area contributed by atoms with Crippen LogP contribution in [0.1, 0.15) is 39.1 Å². The minimum Gasteiger partial charge on any atom is -0.493 e. The number of ether oxygens (including phenoxy) is 1. The molecule has 2 N–H and O–H groups in total. The van der Waals surface area contributed by atoms with Crippen LogP contribution in [-0.4, -0.2) is 28.8 Å². The van der Waals surface area contributed by atoms with Crippen molar-refractivity contribution in [3.8, 4) is 16.9 Å². The quantitative estimate of drug-likeness (QED) is 0.828. The number of hydrogen-bond acceptors (Lipinski definition) is 3. The maximum Gasteiger partial charge on any atom is 0.336 e. The first-order valence-corrected chi connectivity index (χ1v) is 7.90. The Hall–Kier alpha value is -2.89. The number of carbonyl (C=O) groups is 2. The molecule has 0 saturated heterocycles. The van der Waals surface area contributed by atoms with Gasteiger partial charge in [-0.2, -0.15) is 0 Å². The molecule has 0 amide bonds. The largest absolute Gasteiger partial charge is 0.493 e. The van der Waals surface area contributed by atoms with Gasteiger partial charge in [-0.25, -0.2) is 14.0 Å². The molecule has 2 aromatic rings. The van der Waals surface area contributed by atoms with E-state index in [2.05, 4.69) is 0 Å². The lowest BCUT2D eigenvalue weighted by molar-refractivity contribution is 0.0695. The van der Waals surface area contributed by atoms with Gasteiger partial charge in [0, 0.05) is 11.1 Å². The Morgan fingerprint density at radius 3 is 2.36 bits per heavy atom.